The van der Waals surface area contributed by atoms with Crippen molar-refractivity contribution in [2.24, 2.45) is 0 Å². The minimum absolute atomic E-state index is 0.563. The molecule has 1 aromatic rings. The molecule has 0 unspecified atom stereocenters. The second-order valence-corrected chi connectivity index (χ2v) is 7.73. The van der Waals surface area contributed by atoms with Crippen molar-refractivity contribution in [3.8, 4) is 0 Å². The molecule has 0 radical (unpaired) electrons. The number of nitrogens with zero attached hydrogens (tertiary/aromatic N) is 1. The molecule has 0 bridgehead atoms. The summed E-state index contributed by atoms with van der Waals surface area (Å²) in [5.74, 6) is 0. The highest BCUT2D eigenvalue weighted by atomic mass is 32.1. The van der Waals surface area contributed by atoms with Gasteiger partial charge in [-0.1, -0.05) is 27.2 Å². The van der Waals surface area contributed by atoms with Crippen LogP contribution in [-0.2, 0) is 13.1 Å². The van der Waals surface area contributed by atoms with Crippen molar-refractivity contribution < 1.29 is 0 Å². The van der Waals surface area contributed by atoms with E-state index in [0.29, 0.717) is 6.04 Å². The van der Waals surface area contributed by atoms with E-state index in [1.165, 1.54) is 42.0 Å². The van der Waals surface area contributed by atoms with Crippen molar-refractivity contribution in [1.82, 2.24) is 10.2 Å². The van der Waals surface area contributed by atoms with Crippen LogP contribution in [-0.4, -0.2) is 23.5 Å². The van der Waals surface area contributed by atoms with E-state index in [1.54, 1.807) is 5.56 Å². The van der Waals surface area contributed by atoms with Gasteiger partial charge in [-0.2, -0.15) is 0 Å². The summed E-state index contributed by atoms with van der Waals surface area (Å²) >= 11 is 1.97. The Morgan fingerprint density at radius 2 is 2.15 bits per heavy atom. The number of hydrogen-bond acceptors (Lipinski definition) is 3. The van der Waals surface area contributed by atoms with Gasteiger partial charge in [0.25, 0.3) is 0 Å². The van der Waals surface area contributed by atoms with Gasteiger partial charge >= 0.3 is 0 Å². The normalized spacial score (nSPS) is 15.5. The van der Waals surface area contributed by atoms with Crippen LogP contribution in [0.2, 0.25) is 0 Å². The molecule has 0 spiro atoms. The summed E-state index contributed by atoms with van der Waals surface area (Å²) in [5, 5.41) is 3.52. The average molecular weight is 295 g/mol. The first kappa shape index (κ1) is 16.0. The fraction of sp³-hybridized carbons (Fsp3) is 0.765. The molecule has 0 amide bonds. The van der Waals surface area contributed by atoms with Gasteiger partial charge in [0.2, 0.25) is 0 Å². The van der Waals surface area contributed by atoms with Crippen LogP contribution in [0.4, 0.5) is 0 Å². The zero-order valence-corrected chi connectivity index (χ0v) is 14.4. The minimum Gasteiger partial charge on any atom is -0.310 e. The standard InChI is InChI=1S/C17H30N2S/c1-5-6-9-19(16-7-8-16)12-15-10-17(20-14(15)4)11-18-13(2)3/h10,13,16,18H,5-9,11-12H2,1-4H3. The Labute approximate surface area is 128 Å². The number of hydrogen-bond donors (Lipinski definition) is 1. The van der Waals surface area contributed by atoms with Crippen molar-refractivity contribution in [1.29, 1.82) is 0 Å². The lowest BCUT2D eigenvalue weighted by Crippen LogP contribution is -2.26. The van der Waals surface area contributed by atoms with E-state index in [-0.39, 0.29) is 0 Å². The van der Waals surface area contributed by atoms with E-state index in [1.807, 2.05) is 11.3 Å². The lowest BCUT2D eigenvalue weighted by atomic mass is 10.2. The van der Waals surface area contributed by atoms with Crippen LogP contribution in [0.5, 0.6) is 0 Å². The maximum Gasteiger partial charge on any atom is 0.0302 e. The fourth-order valence-electron chi connectivity index (χ4n) is 2.55. The van der Waals surface area contributed by atoms with Crippen LogP contribution in [0, 0.1) is 6.92 Å². The Kier molecular flexibility index (Phi) is 6.06. The number of nitrogens with one attached hydrogen (secondary N) is 1. The molecule has 114 valence electrons. The first-order valence-electron chi connectivity index (χ1n) is 8.15. The molecule has 3 heteroatoms. The average Bonchev–Trinajstić information content (AvgIpc) is 3.18. The summed E-state index contributed by atoms with van der Waals surface area (Å²) in [7, 11) is 0. The van der Waals surface area contributed by atoms with Crippen molar-refractivity contribution in [3.63, 3.8) is 0 Å². The maximum absolute atomic E-state index is 3.52. The molecule has 2 nitrogen and oxygen atoms in total. The van der Waals surface area contributed by atoms with Crippen LogP contribution in [0.25, 0.3) is 0 Å². The van der Waals surface area contributed by atoms with Crippen molar-refractivity contribution in [2.75, 3.05) is 6.54 Å². The molecular weight excluding hydrogens is 264 g/mol. The first-order chi connectivity index (χ1) is 9.60. The monoisotopic (exact) mass is 294 g/mol. The topological polar surface area (TPSA) is 15.3 Å². The first-order valence-corrected chi connectivity index (χ1v) is 8.97. The molecule has 1 fully saturated rings. The highest BCUT2D eigenvalue weighted by Gasteiger charge is 2.28. The van der Waals surface area contributed by atoms with E-state index in [2.05, 4.69) is 44.0 Å². The SMILES string of the molecule is CCCCN(Cc1cc(CNC(C)C)sc1C)C1CC1. The molecule has 0 atom stereocenters. The predicted molar refractivity (Wildman–Crippen MR) is 89.4 cm³/mol. The summed E-state index contributed by atoms with van der Waals surface area (Å²) in [6, 6.07) is 3.86. The van der Waals surface area contributed by atoms with Gasteiger partial charge in [0.05, 0.1) is 0 Å². The van der Waals surface area contributed by atoms with Gasteiger partial charge in [0.15, 0.2) is 0 Å². The molecule has 1 aromatic heterocycles. The largest absolute Gasteiger partial charge is 0.310 e. The second kappa shape index (κ2) is 7.58. The molecule has 2 rings (SSSR count). The van der Waals surface area contributed by atoms with Gasteiger partial charge in [-0.25, -0.2) is 0 Å². The third-order valence-corrected chi connectivity index (χ3v) is 5.08. The van der Waals surface area contributed by atoms with Crippen LogP contribution >= 0.6 is 11.3 Å². The minimum atomic E-state index is 0.563. The van der Waals surface area contributed by atoms with Gasteiger partial charge in [0.1, 0.15) is 0 Å². The Balaban J connectivity index is 1.93. The second-order valence-electron chi connectivity index (χ2n) is 6.38. The number of rotatable bonds is 9. The summed E-state index contributed by atoms with van der Waals surface area (Å²) < 4.78 is 0. The van der Waals surface area contributed by atoms with E-state index < -0.39 is 0 Å². The Morgan fingerprint density at radius 1 is 1.40 bits per heavy atom. The molecule has 1 N–H and O–H groups in total. The van der Waals surface area contributed by atoms with Gasteiger partial charge in [-0.05, 0) is 44.4 Å². The van der Waals surface area contributed by atoms with E-state index >= 15 is 0 Å². The zero-order valence-electron chi connectivity index (χ0n) is 13.5. The highest BCUT2D eigenvalue weighted by molar-refractivity contribution is 7.12. The lowest BCUT2D eigenvalue weighted by Gasteiger charge is -2.21. The molecular formula is C17H30N2S. The molecule has 1 heterocycles. The maximum atomic E-state index is 3.52. The van der Waals surface area contributed by atoms with Crippen molar-refractivity contribution in [2.45, 2.75) is 78.6 Å². The third-order valence-electron chi connectivity index (χ3n) is 3.99. The number of aryl methyl sites for hydroxylation is 1. The third kappa shape index (κ3) is 4.87. The molecule has 0 aromatic carbocycles. The molecule has 0 aliphatic heterocycles. The van der Waals surface area contributed by atoms with Gasteiger partial charge < -0.3 is 5.32 Å². The van der Waals surface area contributed by atoms with Gasteiger partial charge in [-0.15, -0.1) is 11.3 Å². The quantitative estimate of drug-likeness (QED) is 0.729. The fourth-order valence-corrected chi connectivity index (χ4v) is 3.55. The molecule has 1 aliphatic rings. The number of unbranched alkanes of at least 4 members (excludes halogenated alkanes) is 1. The smallest absolute Gasteiger partial charge is 0.0302 e. The molecule has 1 aliphatic carbocycles. The Bertz CT molecular complexity index is 407. The summed E-state index contributed by atoms with van der Waals surface area (Å²) in [6.45, 7) is 12.4. The van der Waals surface area contributed by atoms with Crippen LogP contribution < -0.4 is 5.32 Å². The van der Waals surface area contributed by atoms with Crippen LogP contribution in [0.3, 0.4) is 0 Å². The predicted octanol–water partition coefficient (Wildman–Crippen LogP) is 4.32. The molecule has 0 saturated heterocycles. The van der Waals surface area contributed by atoms with E-state index in [9.17, 15) is 0 Å². The zero-order chi connectivity index (χ0) is 14.5. The van der Waals surface area contributed by atoms with Crippen molar-refractivity contribution >= 4 is 11.3 Å². The summed E-state index contributed by atoms with van der Waals surface area (Å²) in [4.78, 5) is 5.70. The number of thiophene rings is 1. The Hall–Kier alpha value is -0.380. The van der Waals surface area contributed by atoms with E-state index in [0.717, 1.165) is 19.1 Å². The molecule has 1 saturated carbocycles. The summed E-state index contributed by atoms with van der Waals surface area (Å²) in [5.41, 5.74) is 1.55. The van der Waals surface area contributed by atoms with Crippen molar-refractivity contribution in [3.05, 3.63) is 21.4 Å². The highest BCUT2D eigenvalue weighted by Crippen LogP contribution is 2.31. The lowest BCUT2D eigenvalue weighted by molar-refractivity contribution is 0.250. The molecule has 20 heavy (non-hydrogen) atoms. The van der Waals surface area contributed by atoms with Gasteiger partial charge in [0, 0.05) is 34.9 Å². The van der Waals surface area contributed by atoms with Crippen LogP contribution in [0.1, 0.15) is 61.8 Å². The summed E-state index contributed by atoms with van der Waals surface area (Å²) in [6.07, 6.45) is 5.46. The van der Waals surface area contributed by atoms with Gasteiger partial charge in [-0.3, -0.25) is 4.90 Å². The van der Waals surface area contributed by atoms with Crippen LogP contribution in [0.15, 0.2) is 6.07 Å². The Morgan fingerprint density at radius 3 is 2.75 bits per heavy atom. The van der Waals surface area contributed by atoms with E-state index in [4.69, 9.17) is 0 Å².